The summed E-state index contributed by atoms with van der Waals surface area (Å²) in [6.45, 7) is 5.55. The molecule has 0 amide bonds. The molecular weight excluding hydrogens is 364 g/mol. The second-order valence-corrected chi connectivity index (χ2v) is 9.67. The predicted molar refractivity (Wildman–Crippen MR) is 106 cm³/mol. The van der Waals surface area contributed by atoms with Gasteiger partial charge in [0.2, 0.25) is 10.0 Å². The number of nitrogens with zero attached hydrogens (tertiary/aromatic N) is 2. The van der Waals surface area contributed by atoms with E-state index in [1.54, 1.807) is 24.3 Å². The van der Waals surface area contributed by atoms with Crippen LogP contribution < -0.4 is 4.74 Å². The van der Waals surface area contributed by atoms with Crippen LogP contribution in [0.5, 0.6) is 5.75 Å². The Kier molecular flexibility index (Phi) is 7.14. The van der Waals surface area contributed by atoms with Crippen LogP contribution in [0, 0.1) is 5.92 Å². The summed E-state index contributed by atoms with van der Waals surface area (Å²) in [5.74, 6) is 1.57. The maximum Gasteiger partial charge on any atom is 0.243 e. The fraction of sp³-hybridized carbons (Fsp3) is 0.700. The minimum atomic E-state index is -3.44. The second kappa shape index (κ2) is 9.37. The average Bonchev–Trinajstić information content (AvgIpc) is 2.69. The minimum Gasteiger partial charge on any atom is -0.492 e. The van der Waals surface area contributed by atoms with E-state index in [2.05, 4.69) is 18.9 Å². The monoisotopic (exact) mass is 396 g/mol. The molecule has 1 aromatic rings. The lowest BCUT2D eigenvalue weighted by Crippen LogP contribution is -2.40. The zero-order chi connectivity index (χ0) is 19.3. The Hall–Kier alpha value is -1.15. The van der Waals surface area contributed by atoms with E-state index in [1.165, 1.54) is 30.0 Å². The highest BCUT2D eigenvalue weighted by Crippen LogP contribution is 2.26. The molecule has 7 heteroatoms. The van der Waals surface area contributed by atoms with Gasteiger partial charge >= 0.3 is 0 Å². The number of sulfonamides is 1. The van der Waals surface area contributed by atoms with E-state index in [0.29, 0.717) is 49.6 Å². The van der Waals surface area contributed by atoms with E-state index < -0.39 is 10.0 Å². The van der Waals surface area contributed by atoms with Crippen molar-refractivity contribution in [2.24, 2.45) is 5.92 Å². The molecule has 6 nitrogen and oxygen atoms in total. The maximum atomic E-state index is 12.6. The Balaban J connectivity index is 1.47. The number of hydrogen-bond donors (Lipinski definition) is 0. The van der Waals surface area contributed by atoms with Crippen molar-refractivity contribution < 1.29 is 17.9 Å². The summed E-state index contributed by atoms with van der Waals surface area (Å²) in [7, 11) is -1.27. The van der Waals surface area contributed by atoms with E-state index in [-0.39, 0.29) is 0 Å². The molecule has 1 heterocycles. The second-order valence-electron chi connectivity index (χ2n) is 7.73. The number of rotatable bonds is 7. The number of morpholine rings is 1. The van der Waals surface area contributed by atoms with Crippen LogP contribution in [0.4, 0.5) is 0 Å². The molecule has 0 bridgehead atoms. The molecular formula is C20H32N2O4S. The summed E-state index contributed by atoms with van der Waals surface area (Å²) in [4.78, 5) is 2.70. The highest BCUT2D eigenvalue weighted by Gasteiger charge is 2.26. The van der Waals surface area contributed by atoms with Crippen molar-refractivity contribution in [1.29, 1.82) is 0 Å². The fourth-order valence-corrected chi connectivity index (χ4v) is 5.23. The summed E-state index contributed by atoms with van der Waals surface area (Å²) in [5.41, 5.74) is 0. The van der Waals surface area contributed by atoms with Gasteiger partial charge in [-0.15, -0.1) is 0 Å². The van der Waals surface area contributed by atoms with Gasteiger partial charge < -0.3 is 14.4 Å². The van der Waals surface area contributed by atoms with Gasteiger partial charge in [0.1, 0.15) is 12.4 Å². The third kappa shape index (κ3) is 5.44. The fourth-order valence-electron chi connectivity index (χ4n) is 3.82. The van der Waals surface area contributed by atoms with E-state index in [0.717, 1.165) is 12.5 Å². The molecule has 0 atom stereocenters. The average molecular weight is 397 g/mol. The zero-order valence-electron chi connectivity index (χ0n) is 16.5. The van der Waals surface area contributed by atoms with Crippen molar-refractivity contribution in [3.05, 3.63) is 24.3 Å². The van der Waals surface area contributed by atoms with Gasteiger partial charge in [-0.3, -0.25) is 0 Å². The standard InChI is InChI=1S/C20H32N2O4S/c1-17-3-5-18(6-4-17)21(2)11-16-26-19-7-9-20(10-8-19)27(23,24)22-12-14-25-15-13-22/h7-10,17-18H,3-6,11-16H2,1-2H3. The molecule has 27 heavy (non-hydrogen) atoms. The molecule has 1 saturated carbocycles. The topological polar surface area (TPSA) is 59.1 Å². The lowest BCUT2D eigenvalue weighted by atomic mass is 9.87. The lowest BCUT2D eigenvalue weighted by molar-refractivity contribution is 0.0730. The third-order valence-electron chi connectivity index (χ3n) is 5.75. The summed E-state index contributed by atoms with van der Waals surface area (Å²) < 4.78 is 37.8. The molecule has 0 radical (unpaired) electrons. The van der Waals surface area contributed by atoms with Gasteiger partial charge in [-0.2, -0.15) is 4.31 Å². The van der Waals surface area contributed by atoms with Crippen LogP contribution in [0.25, 0.3) is 0 Å². The lowest BCUT2D eigenvalue weighted by Gasteiger charge is -2.33. The van der Waals surface area contributed by atoms with Crippen LogP contribution in [0.1, 0.15) is 32.6 Å². The first-order valence-electron chi connectivity index (χ1n) is 9.98. The molecule has 1 aliphatic carbocycles. The van der Waals surface area contributed by atoms with Gasteiger partial charge in [-0.1, -0.05) is 6.92 Å². The van der Waals surface area contributed by atoms with Gasteiger partial charge in [0.25, 0.3) is 0 Å². The Morgan fingerprint density at radius 3 is 2.37 bits per heavy atom. The quantitative estimate of drug-likeness (QED) is 0.709. The summed E-state index contributed by atoms with van der Waals surface area (Å²) in [6, 6.07) is 7.41. The molecule has 1 aliphatic heterocycles. The van der Waals surface area contributed by atoms with Crippen LogP contribution in [0.15, 0.2) is 29.2 Å². The van der Waals surface area contributed by atoms with Gasteiger partial charge in [0.05, 0.1) is 18.1 Å². The molecule has 0 spiro atoms. The Bertz CT molecular complexity index is 678. The molecule has 2 fully saturated rings. The summed E-state index contributed by atoms with van der Waals surface area (Å²) in [5, 5.41) is 0. The minimum absolute atomic E-state index is 0.310. The highest BCUT2D eigenvalue weighted by atomic mass is 32.2. The zero-order valence-corrected chi connectivity index (χ0v) is 17.3. The first-order chi connectivity index (χ1) is 13.0. The van der Waals surface area contributed by atoms with Crippen molar-refractivity contribution in [2.75, 3.05) is 46.5 Å². The number of likely N-dealkylation sites (N-methyl/N-ethyl adjacent to an activating group) is 1. The van der Waals surface area contributed by atoms with Crippen LogP contribution >= 0.6 is 0 Å². The van der Waals surface area contributed by atoms with Crippen LogP contribution in [0.3, 0.4) is 0 Å². The van der Waals surface area contributed by atoms with Crippen LogP contribution in [-0.4, -0.2) is 70.2 Å². The van der Waals surface area contributed by atoms with E-state index >= 15 is 0 Å². The van der Waals surface area contributed by atoms with Crippen molar-refractivity contribution in [2.45, 2.75) is 43.5 Å². The maximum absolute atomic E-state index is 12.6. The summed E-state index contributed by atoms with van der Waals surface area (Å²) >= 11 is 0. The number of benzene rings is 1. The largest absolute Gasteiger partial charge is 0.492 e. The SMILES string of the molecule is CC1CCC(N(C)CCOc2ccc(S(=O)(=O)N3CCOCC3)cc2)CC1. The van der Waals surface area contributed by atoms with Gasteiger partial charge in [0, 0.05) is 25.7 Å². The molecule has 1 saturated heterocycles. The van der Waals surface area contributed by atoms with Crippen molar-refractivity contribution in [3.8, 4) is 5.75 Å². The Morgan fingerprint density at radius 2 is 1.74 bits per heavy atom. The molecule has 0 unspecified atom stereocenters. The van der Waals surface area contributed by atoms with E-state index in [4.69, 9.17) is 9.47 Å². The van der Waals surface area contributed by atoms with Gasteiger partial charge in [0.15, 0.2) is 0 Å². The van der Waals surface area contributed by atoms with Crippen LogP contribution in [-0.2, 0) is 14.8 Å². The smallest absolute Gasteiger partial charge is 0.243 e. The predicted octanol–water partition coefficient (Wildman–Crippen LogP) is 2.60. The molecule has 152 valence electrons. The summed E-state index contributed by atoms with van der Waals surface area (Å²) in [6.07, 6.45) is 5.17. The van der Waals surface area contributed by atoms with Gasteiger partial charge in [-0.25, -0.2) is 8.42 Å². The number of ether oxygens (including phenoxy) is 2. The first kappa shape index (κ1) is 20.6. The van der Waals surface area contributed by atoms with E-state index in [1.807, 2.05) is 0 Å². The number of hydrogen-bond acceptors (Lipinski definition) is 5. The van der Waals surface area contributed by atoms with Crippen LogP contribution in [0.2, 0.25) is 0 Å². The molecule has 1 aromatic carbocycles. The normalized spacial score (nSPS) is 24.9. The molecule has 0 aromatic heterocycles. The van der Waals surface area contributed by atoms with E-state index in [9.17, 15) is 8.42 Å². The first-order valence-corrected chi connectivity index (χ1v) is 11.4. The van der Waals surface area contributed by atoms with Crippen molar-refractivity contribution in [3.63, 3.8) is 0 Å². The molecule has 2 aliphatic rings. The molecule has 0 N–H and O–H groups in total. The van der Waals surface area contributed by atoms with Crippen molar-refractivity contribution in [1.82, 2.24) is 9.21 Å². The third-order valence-corrected chi connectivity index (χ3v) is 7.67. The van der Waals surface area contributed by atoms with Gasteiger partial charge in [-0.05, 0) is 62.9 Å². The van der Waals surface area contributed by atoms with Crippen molar-refractivity contribution >= 4 is 10.0 Å². The Morgan fingerprint density at radius 1 is 1.11 bits per heavy atom. The molecule has 3 rings (SSSR count). The Labute approximate surface area is 163 Å². The highest BCUT2D eigenvalue weighted by molar-refractivity contribution is 7.89.